The van der Waals surface area contributed by atoms with Crippen LogP contribution in [0.5, 0.6) is 11.5 Å². The first-order valence-corrected chi connectivity index (χ1v) is 12.9. The van der Waals surface area contributed by atoms with Crippen molar-refractivity contribution in [3.05, 3.63) is 23.8 Å². The van der Waals surface area contributed by atoms with Crippen molar-refractivity contribution < 1.29 is 14.2 Å². The zero-order valence-corrected chi connectivity index (χ0v) is 22.7. The quantitative estimate of drug-likeness (QED) is 0.509. The van der Waals surface area contributed by atoms with Gasteiger partial charge in [0.25, 0.3) is 0 Å². The predicted molar refractivity (Wildman–Crippen MR) is 142 cm³/mol. The van der Waals surface area contributed by atoms with Crippen LogP contribution in [0.25, 0.3) is 0 Å². The first-order valence-electron chi connectivity index (χ1n) is 12.5. The summed E-state index contributed by atoms with van der Waals surface area (Å²) < 4.78 is 16.5. The minimum Gasteiger partial charge on any atom is -0.497 e. The Bertz CT molecular complexity index is 795. The topological polar surface area (TPSA) is 58.2 Å². The van der Waals surface area contributed by atoms with Crippen molar-refractivity contribution in [2.45, 2.75) is 70.6 Å². The summed E-state index contributed by atoms with van der Waals surface area (Å²) in [7, 11) is 3.38. The van der Waals surface area contributed by atoms with Crippen molar-refractivity contribution in [2.75, 3.05) is 53.6 Å². The Morgan fingerprint density at radius 3 is 2.44 bits per heavy atom. The van der Waals surface area contributed by atoms with Gasteiger partial charge in [0, 0.05) is 61.5 Å². The van der Waals surface area contributed by atoms with E-state index in [1.165, 1.54) is 0 Å². The molecule has 0 aliphatic carbocycles. The molecule has 2 saturated heterocycles. The molecule has 34 heavy (non-hydrogen) atoms. The third-order valence-electron chi connectivity index (χ3n) is 6.67. The van der Waals surface area contributed by atoms with Crippen LogP contribution in [-0.4, -0.2) is 85.6 Å². The summed E-state index contributed by atoms with van der Waals surface area (Å²) in [5.41, 5.74) is 1.23. The highest BCUT2D eigenvalue weighted by Crippen LogP contribution is 2.29. The molecule has 0 radical (unpaired) electrons. The van der Waals surface area contributed by atoms with Crippen molar-refractivity contribution in [3.63, 3.8) is 0 Å². The number of nitrogens with one attached hydrogen (secondary N) is 2. The predicted octanol–water partition coefficient (Wildman–Crippen LogP) is 3.41. The number of thiocarbonyl (C=S) groups is 1. The molecule has 0 unspecified atom stereocenters. The van der Waals surface area contributed by atoms with Crippen molar-refractivity contribution >= 4 is 17.3 Å². The minimum absolute atomic E-state index is 0.0649. The highest BCUT2D eigenvalue weighted by Gasteiger charge is 2.38. The van der Waals surface area contributed by atoms with E-state index in [9.17, 15) is 0 Å². The van der Waals surface area contributed by atoms with Gasteiger partial charge in [-0.05, 0) is 71.3 Å². The molecule has 1 aromatic rings. The summed E-state index contributed by atoms with van der Waals surface area (Å²) in [6, 6.07) is 6.33. The maximum atomic E-state index is 6.00. The number of benzene rings is 1. The number of rotatable bonds is 9. The SMILES string of the molecule is COc1ccc(CN(CCCN2CCOCC2)C(=S)NC2CC(C)(C)NC(C)(C)C2)c(OC)c1. The molecule has 0 amide bonds. The molecular formula is C26H44N4O3S. The van der Waals surface area contributed by atoms with E-state index in [0.29, 0.717) is 12.6 Å². The molecule has 3 rings (SSSR count). The molecule has 8 heteroatoms. The van der Waals surface area contributed by atoms with Gasteiger partial charge in [0.05, 0.1) is 27.4 Å². The van der Waals surface area contributed by atoms with E-state index in [1.807, 2.05) is 12.1 Å². The van der Waals surface area contributed by atoms with Crippen molar-refractivity contribution in [1.82, 2.24) is 20.4 Å². The smallest absolute Gasteiger partial charge is 0.169 e. The summed E-state index contributed by atoms with van der Waals surface area (Å²) in [5.74, 6) is 1.61. The minimum atomic E-state index is 0.0649. The van der Waals surface area contributed by atoms with Crippen LogP contribution in [0.2, 0.25) is 0 Å². The third kappa shape index (κ3) is 7.97. The zero-order chi connectivity index (χ0) is 24.8. The van der Waals surface area contributed by atoms with Gasteiger partial charge in [-0.1, -0.05) is 0 Å². The summed E-state index contributed by atoms with van der Waals surface area (Å²) >= 11 is 6.00. The van der Waals surface area contributed by atoms with Gasteiger partial charge in [-0.25, -0.2) is 0 Å². The lowest BCUT2D eigenvalue weighted by atomic mass is 9.80. The summed E-state index contributed by atoms with van der Waals surface area (Å²) in [4.78, 5) is 4.77. The van der Waals surface area contributed by atoms with Crippen LogP contribution >= 0.6 is 12.2 Å². The fourth-order valence-corrected chi connectivity index (χ4v) is 5.76. The zero-order valence-electron chi connectivity index (χ0n) is 21.9. The summed E-state index contributed by atoms with van der Waals surface area (Å²) in [6.45, 7) is 15.4. The van der Waals surface area contributed by atoms with E-state index in [4.69, 9.17) is 26.4 Å². The van der Waals surface area contributed by atoms with Gasteiger partial charge in [-0.3, -0.25) is 4.90 Å². The number of methoxy groups -OCH3 is 2. The molecule has 1 aromatic carbocycles. The van der Waals surface area contributed by atoms with Crippen LogP contribution in [0.1, 0.15) is 52.5 Å². The molecular weight excluding hydrogens is 448 g/mol. The maximum absolute atomic E-state index is 6.00. The van der Waals surface area contributed by atoms with E-state index in [-0.39, 0.29) is 11.1 Å². The van der Waals surface area contributed by atoms with Gasteiger partial charge in [-0.2, -0.15) is 0 Å². The normalized spacial score (nSPS) is 20.5. The highest BCUT2D eigenvalue weighted by atomic mass is 32.1. The van der Waals surface area contributed by atoms with Crippen LogP contribution in [0.3, 0.4) is 0 Å². The van der Waals surface area contributed by atoms with Crippen LogP contribution < -0.4 is 20.1 Å². The van der Waals surface area contributed by atoms with E-state index >= 15 is 0 Å². The number of hydrogen-bond acceptors (Lipinski definition) is 6. The average molecular weight is 493 g/mol. The number of piperidine rings is 1. The number of ether oxygens (including phenoxy) is 3. The molecule has 0 spiro atoms. The van der Waals surface area contributed by atoms with E-state index in [1.54, 1.807) is 14.2 Å². The summed E-state index contributed by atoms with van der Waals surface area (Å²) in [6.07, 6.45) is 3.11. The van der Waals surface area contributed by atoms with Gasteiger partial charge in [-0.15, -0.1) is 0 Å². The average Bonchev–Trinajstić information content (AvgIpc) is 2.77. The lowest BCUT2D eigenvalue weighted by molar-refractivity contribution is 0.0367. The van der Waals surface area contributed by atoms with Crippen molar-refractivity contribution in [2.24, 2.45) is 0 Å². The van der Waals surface area contributed by atoms with E-state index in [2.05, 4.69) is 54.2 Å². The fourth-order valence-electron chi connectivity index (χ4n) is 5.44. The summed E-state index contributed by atoms with van der Waals surface area (Å²) in [5, 5.41) is 8.29. The van der Waals surface area contributed by atoms with E-state index in [0.717, 1.165) is 80.8 Å². The maximum Gasteiger partial charge on any atom is 0.169 e. The Balaban J connectivity index is 1.70. The van der Waals surface area contributed by atoms with Gasteiger partial charge in [0.1, 0.15) is 11.5 Å². The fraction of sp³-hybridized carbons (Fsp3) is 0.731. The van der Waals surface area contributed by atoms with Crippen molar-refractivity contribution in [3.8, 4) is 11.5 Å². The van der Waals surface area contributed by atoms with Crippen molar-refractivity contribution in [1.29, 1.82) is 0 Å². The highest BCUT2D eigenvalue weighted by molar-refractivity contribution is 7.80. The van der Waals surface area contributed by atoms with Crippen LogP contribution in [0, 0.1) is 0 Å². The first-order chi connectivity index (χ1) is 16.1. The second-order valence-electron chi connectivity index (χ2n) is 10.9. The van der Waals surface area contributed by atoms with Crippen LogP contribution in [-0.2, 0) is 11.3 Å². The lowest BCUT2D eigenvalue weighted by Crippen LogP contribution is -2.62. The second kappa shape index (κ2) is 11.9. The van der Waals surface area contributed by atoms with Gasteiger partial charge >= 0.3 is 0 Å². The lowest BCUT2D eigenvalue weighted by Gasteiger charge is -2.47. The van der Waals surface area contributed by atoms with E-state index < -0.39 is 0 Å². The Morgan fingerprint density at radius 1 is 1.15 bits per heavy atom. The molecule has 2 heterocycles. The Morgan fingerprint density at radius 2 is 1.82 bits per heavy atom. The Hall–Kier alpha value is -1.61. The monoisotopic (exact) mass is 492 g/mol. The first kappa shape index (κ1) is 27.0. The molecule has 0 saturated carbocycles. The number of morpholine rings is 1. The molecule has 7 nitrogen and oxygen atoms in total. The Labute approximate surface area is 211 Å². The second-order valence-corrected chi connectivity index (χ2v) is 11.2. The molecule has 192 valence electrons. The molecule has 2 aliphatic heterocycles. The molecule has 2 N–H and O–H groups in total. The Kier molecular flexibility index (Phi) is 9.43. The number of hydrogen-bond donors (Lipinski definition) is 2. The van der Waals surface area contributed by atoms with Crippen LogP contribution in [0.15, 0.2) is 18.2 Å². The van der Waals surface area contributed by atoms with Gasteiger partial charge < -0.3 is 29.7 Å². The molecule has 2 fully saturated rings. The third-order valence-corrected chi connectivity index (χ3v) is 7.04. The largest absolute Gasteiger partial charge is 0.497 e. The number of nitrogens with zero attached hydrogens (tertiary/aromatic N) is 2. The standard InChI is InChI=1S/C26H44N4O3S/c1-25(2)17-21(18-26(3,4)28-25)27-24(34)30(11-7-10-29-12-14-33-15-13-29)19-20-8-9-22(31-5)16-23(20)32-6/h8-9,16,21,28H,7,10-15,17-19H2,1-6H3,(H,27,34). The van der Waals surface area contributed by atoms with Gasteiger partial charge in [0.2, 0.25) is 0 Å². The van der Waals surface area contributed by atoms with Gasteiger partial charge in [0.15, 0.2) is 5.11 Å². The van der Waals surface area contributed by atoms with Crippen LogP contribution in [0.4, 0.5) is 0 Å². The molecule has 0 bridgehead atoms. The molecule has 2 aliphatic rings. The molecule has 0 atom stereocenters. The molecule has 0 aromatic heterocycles.